The molecule has 4 nitrogen and oxygen atoms in total. The molecule has 2 rings (SSSR count). The number of hydrogen-bond acceptors (Lipinski definition) is 4. The third kappa shape index (κ3) is 2.31. The van der Waals surface area contributed by atoms with Gasteiger partial charge in [0.15, 0.2) is 0 Å². The predicted octanol–water partition coefficient (Wildman–Crippen LogP) is 1.18. The number of rotatable bonds is 4. The van der Waals surface area contributed by atoms with Crippen molar-refractivity contribution in [3.63, 3.8) is 0 Å². The van der Waals surface area contributed by atoms with Crippen LogP contribution in [0.15, 0.2) is 29.2 Å². The lowest BCUT2D eigenvalue weighted by Gasteiger charge is -2.41. The topological polar surface area (TPSA) is 75.4 Å². The van der Waals surface area contributed by atoms with Crippen LogP contribution in [-0.4, -0.2) is 28.9 Å². The Bertz CT molecular complexity index is 405. The third-order valence-electron chi connectivity index (χ3n) is 2.61. The summed E-state index contributed by atoms with van der Waals surface area (Å²) < 4.78 is -0.235. The van der Waals surface area contributed by atoms with Gasteiger partial charge in [0, 0.05) is 23.7 Å². The van der Waals surface area contributed by atoms with Crippen LogP contribution in [-0.2, 0) is 4.79 Å². The first kappa shape index (κ1) is 11.3. The first-order valence-electron chi connectivity index (χ1n) is 5.07. The van der Waals surface area contributed by atoms with Crippen molar-refractivity contribution < 1.29 is 9.90 Å². The van der Waals surface area contributed by atoms with E-state index >= 15 is 0 Å². The Morgan fingerprint density at radius 3 is 2.69 bits per heavy atom. The van der Waals surface area contributed by atoms with Gasteiger partial charge < -0.3 is 16.2 Å². The van der Waals surface area contributed by atoms with Gasteiger partial charge in [0.1, 0.15) is 0 Å². The van der Waals surface area contributed by atoms with Crippen LogP contribution in [0.25, 0.3) is 0 Å². The van der Waals surface area contributed by atoms with E-state index in [9.17, 15) is 4.79 Å². The van der Waals surface area contributed by atoms with Crippen molar-refractivity contribution in [2.45, 2.75) is 16.1 Å². The molecular weight excluding hydrogens is 224 g/mol. The number of carboxylic acid groups (broad SMARTS) is 1. The molecule has 0 atom stereocenters. The normalized spacial score (nSPS) is 17.8. The van der Waals surface area contributed by atoms with Crippen LogP contribution in [0.1, 0.15) is 6.42 Å². The number of nitrogens with one attached hydrogen (secondary N) is 1. The molecule has 1 aliphatic rings. The Labute approximate surface area is 98.2 Å². The van der Waals surface area contributed by atoms with Crippen molar-refractivity contribution in [3.05, 3.63) is 24.3 Å². The summed E-state index contributed by atoms with van der Waals surface area (Å²) in [6.45, 7) is 1.44. The summed E-state index contributed by atoms with van der Waals surface area (Å²) in [5, 5.41) is 12.0. The summed E-state index contributed by atoms with van der Waals surface area (Å²) >= 11 is 1.56. The minimum absolute atomic E-state index is 0.166. The highest BCUT2D eigenvalue weighted by Crippen LogP contribution is 2.40. The SMILES string of the molecule is Nc1ccccc1SC1(CC(=O)O)CNC1. The van der Waals surface area contributed by atoms with E-state index in [0.29, 0.717) is 5.69 Å². The Kier molecular flexibility index (Phi) is 3.07. The van der Waals surface area contributed by atoms with Gasteiger partial charge in [-0.3, -0.25) is 4.79 Å². The van der Waals surface area contributed by atoms with Crippen molar-refractivity contribution in [1.29, 1.82) is 0 Å². The lowest BCUT2D eigenvalue weighted by atomic mass is 9.98. The highest BCUT2D eigenvalue weighted by molar-refractivity contribution is 8.01. The molecule has 1 aromatic carbocycles. The van der Waals surface area contributed by atoms with Gasteiger partial charge in [0.25, 0.3) is 0 Å². The van der Waals surface area contributed by atoms with Crippen LogP contribution in [0, 0.1) is 0 Å². The Morgan fingerprint density at radius 2 is 2.19 bits per heavy atom. The molecule has 1 heterocycles. The molecule has 0 saturated carbocycles. The van der Waals surface area contributed by atoms with E-state index in [1.54, 1.807) is 11.8 Å². The summed E-state index contributed by atoms with van der Waals surface area (Å²) in [6, 6.07) is 7.56. The first-order valence-corrected chi connectivity index (χ1v) is 5.89. The number of benzene rings is 1. The van der Waals surface area contributed by atoms with E-state index < -0.39 is 5.97 Å². The fourth-order valence-electron chi connectivity index (χ4n) is 1.72. The van der Waals surface area contributed by atoms with Crippen molar-refractivity contribution in [1.82, 2.24) is 5.32 Å². The molecule has 0 aliphatic carbocycles. The van der Waals surface area contributed by atoms with Crippen molar-refractivity contribution in [3.8, 4) is 0 Å². The maximum Gasteiger partial charge on any atom is 0.304 e. The number of nitrogen functional groups attached to an aromatic ring is 1. The van der Waals surface area contributed by atoms with Gasteiger partial charge in [-0.25, -0.2) is 0 Å². The monoisotopic (exact) mass is 238 g/mol. The minimum Gasteiger partial charge on any atom is -0.481 e. The van der Waals surface area contributed by atoms with Crippen LogP contribution in [0.3, 0.4) is 0 Å². The molecule has 0 unspecified atom stereocenters. The largest absolute Gasteiger partial charge is 0.481 e. The van der Waals surface area contributed by atoms with E-state index in [4.69, 9.17) is 10.8 Å². The average Bonchev–Trinajstić information content (AvgIpc) is 2.17. The molecule has 4 N–H and O–H groups in total. The second-order valence-electron chi connectivity index (χ2n) is 4.00. The second-order valence-corrected chi connectivity index (χ2v) is 5.51. The van der Waals surface area contributed by atoms with Gasteiger partial charge in [-0.1, -0.05) is 12.1 Å². The number of nitrogens with two attached hydrogens (primary N) is 1. The molecule has 0 radical (unpaired) electrons. The number of aliphatic carboxylic acids is 1. The fourth-order valence-corrected chi connectivity index (χ4v) is 3.06. The Morgan fingerprint density at radius 1 is 1.50 bits per heavy atom. The van der Waals surface area contributed by atoms with Crippen LogP contribution >= 0.6 is 11.8 Å². The van der Waals surface area contributed by atoms with Gasteiger partial charge in [0.05, 0.1) is 11.2 Å². The maximum absolute atomic E-state index is 10.8. The van der Waals surface area contributed by atoms with E-state index in [0.717, 1.165) is 18.0 Å². The lowest BCUT2D eigenvalue weighted by Crippen LogP contribution is -2.57. The van der Waals surface area contributed by atoms with E-state index in [1.807, 2.05) is 24.3 Å². The molecule has 1 aromatic rings. The zero-order valence-corrected chi connectivity index (χ0v) is 9.59. The zero-order valence-electron chi connectivity index (χ0n) is 8.77. The second kappa shape index (κ2) is 4.35. The van der Waals surface area contributed by atoms with Crippen LogP contribution in [0.2, 0.25) is 0 Å². The predicted molar refractivity (Wildman–Crippen MR) is 64.6 cm³/mol. The smallest absolute Gasteiger partial charge is 0.304 e. The van der Waals surface area contributed by atoms with Gasteiger partial charge >= 0.3 is 5.97 Å². The summed E-state index contributed by atoms with van der Waals surface area (Å²) in [4.78, 5) is 11.8. The molecule has 1 fully saturated rings. The van der Waals surface area contributed by atoms with Crippen molar-refractivity contribution in [2.24, 2.45) is 0 Å². The standard InChI is InChI=1S/C11H14N2O2S/c12-8-3-1-2-4-9(8)16-11(5-10(14)15)6-13-7-11/h1-4,13H,5-7,12H2,(H,14,15). The summed E-state index contributed by atoms with van der Waals surface area (Å²) in [5.74, 6) is -0.761. The van der Waals surface area contributed by atoms with Gasteiger partial charge in [-0.2, -0.15) is 0 Å². The van der Waals surface area contributed by atoms with E-state index in [1.165, 1.54) is 0 Å². The van der Waals surface area contributed by atoms with Crippen molar-refractivity contribution in [2.75, 3.05) is 18.8 Å². The molecule has 5 heteroatoms. The van der Waals surface area contributed by atoms with Crippen LogP contribution < -0.4 is 11.1 Å². The molecule has 16 heavy (non-hydrogen) atoms. The third-order valence-corrected chi connectivity index (χ3v) is 4.07. The summed E-state index contributed by atoms with van der Waals surface area (Å²) in [6.07, 6.45) is 0.166. The van der Waals surface area contributed by atoms with Gasteiger partial charge in [-0.15, -0.1) is 11.8 Å². The first-order chi connectivity index (χ1) is 7.61. The number of thioether (sulfide) groups is 1. The highest BCUT2D eigenvalue weighted by Gasteiger charge is 2.40. The average molecular weight is 238 g/mol. The van der Waals surface area contributed by atoms with E-state index in [-0.39, 0.29) is 11.2 Å². The number of para-hydroxylation sites is 1. The molecule has 0 amide bonds. The van der Waals surface area contributed by atoms with Crippen molar-refractivity contribution >= 4 is 23.4 Å². The number of carbonyl (C=O) groups is 1. The van der Waals surface area contributed by atoms with Crippen LogP contribution in [0.5, 0.6) is 0 Å². The number of carboxylic acids is 1. The maximum atomic E-state index is 10.8. The molecule has 1 saturated heterocycles. The summed E-state index contributed by atoms with van der Waals surface area (Å²) in [5.41, 5.74) is 6.56. The number of anilines is 1. The molecule has 1 aliphatic heterocycles. The molecule has 0 spiro atoms. The minimum atomic E-state index is -0.761. The van der Waals surface area contributed by atoms with Crippen LogP contribution in [0.4, 0.5) is 5.69 Å². The Balaban J connectivity index is 2.13. The van der Waals surface area contributed by atoms with Gasteiger partial charge in [0.2, 0.25) is 0 Å². The van der Waals surface area contributed by atoms with E-state index in [2.05, 4.69) is 5.32 Å². The molecule has 86 valence electrons. The Hall–Kier alpha value is -1.20. The molecule has 0 bridgehead atoms. The van der Waals surface area contributed by atoms with Gasteiger partial charge in [-0.05, 0) is 12.1 Å². The zero-order chi connectivity index (χ0) is 11.6. The molecule has 0 aromatic heterocycles. The highest BCUT2D eigenvalue weighted by atomic mass is 32.2. The quantitative estimate of drug-likeness (QED) is 0.687. The fraction of sp³-hybridized carbons (Fsp3) is 0.364. The lowest BCUT2D eigenvalue weighted by molar-refractivity contribution is -0.138. The molecular formula is C11H14N2O2S. The summed E-state index contributed by atoms with van der Waals surface area (Å²) in [7, 11) is 0. The number of hydrogen-bond donors (Lipinski definition) is 3.